The zero-order valence-corrected chi connectivity index (χ0v) is 12.7. The standard InChI is InChI=1S/C16H17F2N3O3/c17-16(18)8-11(9-16)5-1-3-10-4-2-6-12(7-10)24-14-13(15(22)23)19-21-20-14/h2,4,6-7,11,13-14,19-21H,5,8-9H2,(H,22,23). The summed E-state index contributed by atoms with van der Waals surface area (Å²) in [5, 5.41) is 9.05. The van der Waals surface area contributed by atoms with Crippen molar-refractivity contribution in [3.05, 3.63) is 29.8 Å². The second-order valence-electron chi connectivity index (χ2n) is 5.93. The number of halogens is 2. The highest BCUT2D eigenvalue weighted by Gasteiger charge is 2.44. The molecule has 0 amide bonds. The average Bonchev–Trinajstić information content (AvgIpc) is 2.94. The fourth-order valence-corrected chi connectivity index (χ4v) is 2.66. The lowest BCUT2D eigenvalue weighted by atomic mass is 9.79. The SMILES string of the molecule is O=C(O)C1NNNC1Oc1cccc(C#CCC2CC(F)(F)C2)c1. The number of hydrogen-bond acceptors (Lipinski definition) is 5. The number of carbonyl (C=O) groups is 1. The van der Waals surface area contributed by atoms with Crippen LogP contribution in [0.3, 0.4) is 0 Å². The van der Waals surface area contributed by atoms with Gasteiger partial charge in [0.25, 0.3) is 0 Å². The molecule has 0 radical (unpaired) electrons. The number of benzene rings is 1. The molecule has 4 N–H and O–H groups in total. The first kappa shape index (κ1) is 16.6. The van der Waals surface area contributed by atoms with Gasteiger partial charge in [0.15, 0.2) is 12.3 Å². The molecule has 1 aromatic carbocycles. The van der Waals surface area contributed by atoms with Gasteiger partial charge in [-0.2, -0.15) is 5.53 Å². The molecule has 2 aliphatic rings. The van der Waals surface area contributed by atoms with Crippen LogP contribution in [-0.4, -0.2) is 29.3 Å². The van der Waals surface area contributed by atoms with Crippen molar-refractivity contribution < 1.29 is 23.4 Å². The number of alkyl halides is 2. The third kappa shape index (κ3) is 4.00. The Morgan fingerprint density at radius 3 is 2.88 bits per heavy atom. The lowest BCUT2D eigenvalue weighted by molar-refractivity contribution is -0.141. The highest BCUT2D eigenvalue weighted by atomic mass is 19.3. The van der Waals surface area contributed by atoms with E-state index in [0.717, 1.165) is 0 Å². The molecule has 1 aliphatic heterocycles. The molecule has 128 valence electrons. The van der Waals surface area contributed by atoms with Crippen molar-refractivity contribution >= 4 is 5.97 Å². The van der Waals surface area contributed by atoms with Gasteiger partial charge in [-0.05, 0) is 24.1 Å². The lowest BCUT2D eigenvalue weighted by Gasteiger charge is -2.33. The highest BCUT2D eigenvalue weighted by Crippen LogP contribution is 2.43. The Balaban J connectivity index is 1.57. The lowest BCUT2D eigenvalue weighted by Crippen LogP contribution is -2.44. The molecule has 1 saturated heterocycles. The van der Waals surface area contributed by atoms with Crippen LogP contribution in [0.15, 0.2) is 24.3 Å². The molecule has 3 rings (SSSR count). The van der Waals surface area contributed by atoms with Crippen molar-refractivity contribution in [2.24, 2.45) is 5.92 Å². The first-order chi connectivity index (χ1) is 11.4. The first-order valence-electron chi connectivity index (χ1n) is 7.55. The second-order valence-corrected chi connectivity index (χ2v) is 5.93. The zero-order valence-electron chi connectivity index (χ0n) is 12.7. The van der Waals surface area contributed by atoms with Crippen LogP contribution in [0.25, 0.3) is 0 Å². The predicted octanol–water partition coefficient (Wildman–Crippen LogP) is 1.24. The van der Waals surface area contributed by atoms with Gasteiger partial charge in [-0.3, -0.25) is 4.79 Å². The summed E-state index contributed by atoms with van der Waals surface area (Å²) in [6.45, 7) is 0. The molecule has 1 aromatic rings. The Labute approximate surface area is 137 Å². The Kier molecular flexibility index (Phi) is 4.66. The van der Waals surface area contributed by atoms with E-state index in [1.165, 1.54) is 0 Å². The molecule has 0 bridgehead atoms. The maximum Gasteiger partial charge on any atom is 0.327 e. The highest BCUT2D eigenvalue weighted by molar-refractivity contribution is 5.74. The smallest absolute Gasteiger partial charge is 0.327 e. The van der Waals surface area contributed by atoms with E-state index in [1.807, 2.05) is 0 Å². The molecular weight excluding hydrogens is 320 g/mol. The monoisotopic (exact) mass is 337 g/mol. The molecule has 8 heteroatoms. The van der Waals surface area contributed by atoms with Gasteiger partial charge < -0.3 is 9.84 Å². The molecule has 2 fully saturated rings. The summed E-state index contributed by atoms with van der Waals surface area (Å²) in [6, 6.07) is 5.96. The molecule has 2 unspecified atom stereocenters. The van der Waals surface area contributed by atoms with Crippen LogP contribution < -0.4 is 21.1 Å². The molecule has 2 atom stereocenters. The summed E-state index contributed by atoms with van der Waals surface area (Å²) in [6.07, 6.45) is -0.508. The van der Waals surface area contributed by atoms with Gasteiger partial charge in [-0.15, -0.1) is 0 Å². The normalized spacial score (nSPS) is 25.4. The number of hydrazine groups is 2. The Morgan fingerprint density at radius 2 is 2.17 bits per heavy atom. The molecule has 1 aliphatic carbocycles. The van der Waals surface area contributed by atoms with Gasteiger partial charge >= 0.3 is 5.97 Å². The van der Waals surface area contributed by atoms with E-state index in [9.17, 15) is 13.6 Å². The molecule has 1 saturated carbocycles. The van der Waals surface area contributed by atoms with E-state index >= 15 is 0 Å². The maximum absolute atomic E-state index is 12.8. The fraction of sp³-hybridized carbons (Fsp3) is 0.438. The summed E-state index contributed by atoms with van der Waals surface area (Å²) in [7, 11) is 0. The molecular formula is C16H17F2N3O3. The third-order valence-corrected chi connectivity index (χ3v) is 3.91. The van der Waals surface area contributed by atoms with E-state index < -0.39 is 24.2 Å². The van der Waals surface area contributed by atoms with Crippen molar-refractivity contribution in [1.82, 2.24) is 16.4 Å². The summed E-state index contributed by atoms with van der Waals surface area (Å²) in [4.78, 5) is 11.1. The Morgan fingerprint density at radius 1 is 1.38 bits per heavy atom. The number of carboxylic acids is 1. The summed E-state index contributed by atoms with van der Waals surface area (Å²) in [5.41, 5.74) is 8.39. The van der Waals surface area contributed by atoms with E-state index in [1.54, 1.807) is 24.3 Å². The van der Waals surface area contributed by atoms with E-state index in [0.29, 0.717) is 17.7 Å². The number of rotatable bonds is 4. The van der Waals surface area contributed by atoms with Gasteiger partial charge in [0.2, 0.25) is 5.92 Å². The van der Waals surface area contributed by atoms with Crippen molar-refractivity contribution in [1.29, 1.82) is 0 Å². The summed E-state index contributed by atoms with van der Waals surface area (Å²) >= 11 is 0. The van der Waals surface area contributed by atoms with Crippen LogP contribution in [0, 0.1) is 17.8 Å². The van der Waals surface area contributed by atoms with Crippen molar-refractivity contribution in [2.75, 3.05) is 0 Å². The minimum Gasteiger partial charge on any atom is -0.480 e. The zero-order chi connectivity index (χ0) is 17.2. The van der Waals surface area contributed by atoms with Crippen LogP contribution in [0.4, 0.5) is 8.78 Å². The first-order valence-corrected chi connectivity index (χ1v) is 7.55. The van der Waals surface area contributed by atoms with Crippen LogP contribution in [0.5, 0.6) is 5.75 Å². The third-order valence-electron chi connectivity index (χ3n) is 3.91. The quantitative estimate of drug-likeness (QED) is 0.619. The number of hydrogen-bond donors (Lipinski definition) is 4. The van der Waals surface area contributed by atoms with E-state index in [-0.39, 0.29) is 18.8 Å². The fourth-order valence-electron chi connectivity index (χ4n) is 2.66. The van der Waals surface area contributed by atoms with Gasteiger partial charge in [-0.1, -0.05) is 17.9 Å². The van der Waals surface area contributed by atoms with Crippen LogP contribution in [-0.2, 0) is 4.79 Å². The van der Waals surface area contributed by atoms with Crippen LogP contribution >= 0.6 is 0 Å². The molecule has 0 aromatic heterocycles. The van der Waals surface area contributed by atoms with Crippen molar-refractivity contribution in [2.45, 2.75) is 37.5 Å². The molecule has 1 heterocycles. The Hall–Kier alpha value is -2.21. The van der Waals surface area contributed by atoms with Gasteiger partial charge in [-0.25, -0.2) is 19.6 Å². The minimum atomic E-state index is -2.52. The summed E-state index contributed by atoms with van der Waals surface area (Å²) < 4.78 is 31.1. The second kappa shape index (κ2) is 6.73. The minimum absolute atomic E-state index is 0.0388. The maximum atomic E-state index is 12.8. The van der Waals surface area contributed by atoms with E-state index in [2.05, 4.69) is 28.2 Å². The van der Waals surface area contributed by atoms with Gasteiger partial charge in [0, 0.05) is 24.8 Å². The number of aliphatic carboxylic acids is 1. The van der Waals surface area contributed by atoms with Gasteiger partial charge in [0.05, 0.1) is 0 Å². The number of carboxylic acid groups (broad SMARTS) is 1. The van der Waals surface area contributed by atoms with Gasteiger partial charge in [0.1, 0.15) is 5.75 Å². The van der Waals surface area contributed by atoms with Crippen LogP contribution in [0.2, 0.25) is 0 Å². The van der Waals surface area contributed by atoms with E-state index in [4.69, 9.17) is 9.84 Å². The van der Waals surface area contributed by atoms with Crippen LogP contribution in [0.1, 0.15) is 24.8 Å². The predicted molar refractivity (Wildman–Crippen MR) is 80.9 cm³/mol. The topological polar surface area (TPSA) is 82.6 Å². The number of ether oxygens (including phenoxy) is 1. The Bertz CT molecular complexity index is 679. The number of nitrogens with one attached hydrogen (secondary N) is 3. The van der Waals surface area contributed by atoms with Crippen molar-refractivity contribution in [3.8, 4) is 17.6 Å². The average molecular weight is 337 g/mol. The summed E-state index contributed by atoms with van der Waals surface area (Å²) in [5.74, 6) is 2.70. The largest absolute Gasteiger partial charge is 0.480 e. The molecule has 0 spiro atoms. The molecule has 6 nitrogen and oxygen atoms in total. The van der Waals surface area contributed by atoms with Crippen molar-refractivity contribution in [3.63, 3.8) is 0 Å². The molecule has 24 heavy (non-hydrogen) atoms.